The highest BCUT2D eigenvalue weighted by molar-refractivity contribution is 7.99. The van der Waals surface area contributed by atoms with Crippen LogP contribution in [-0.2, 0) is 0 Å². The highest BCUT2D eigenvalue weighted by Gasteiger charge is 2.10. The Hall–Kier alpha value is -0.540. The summed E-state index contributed by atoms with van der Waals surface area (Å²) in [5.74, 6) is 1.54. The lowest BCUT2D eigenvalue weighted by molar-refractivity contribution is 0.475. The average molecular weight is 210 g/mol. The smallest absolute Gasteiger partial charge is 0.0960 e. The Morgan fingerprint density at radius 2 is 2.29 bits per heavy atom. The van der Waals surface area contributed by atoms with Crippen molar-refractivity contribution in [1.29, 1.82) is 0 Å². The lowest BCUT2D eigenvalue weighted by Gasteiger charge is -2.17. The highest BCUT2D eigenvalue weighted by Crippen LogP contribution is 2.18. The van der Waals surface area contributed by atoms with Gasteiger partial charge in [-0.2, -0.15) is 0 Å². The maximum atomic E-state index is 6.03. The number of nitrogens with zero attached hydrogens (tertiary/aromatic N) is 1. The van der Waals surface area contributed by atoms with Gasteiger partial charge in [0.1, 0.15) is 0 Å². The van der Waals surface area contributed by atoms with Gasteiger partial charge in [0, 0.05) is 18.0 Å². The molecule has 0 saturated heterocycles. The summed E-state index contributed by atoms with van der Waals surface area (Å²) >= 11 is 1.74. The molecule has 0 radical (unpaired) electrons. The van der Waals surface area contributed by atoms with Crippen molar-refractivity contribution in [2.24, 2.45) is 11.7 Å². The molecule has 2 nitrogen and oxygen atoms in total. The van der Waals surface area contributed by atoms with Crippen LogP contribution in [0.1, 0.15) is 20.3 Å². The first-order valence-corrected chi connectivity index (χ1v) is 6.02. The minimum absolute atomic E-state index is 0.270. The molecule has 3 heteroatoms. The molecule has 0 unspecified atom stereocenters. The fourth-order valence-electron chi connectivity index (χ4n) is 1.08. The summed E-state index contributed by atoms with van der Waals surface area (Å²) in [7, 11) is 0. The molecule has 1 aromatic heterocycles. The van der Waals surface area contributed by atoms with Crippen LogP contribution in [0.4, 0.5) is 0 Å². The Morgan fingerprint density at radius 1 is 1.50 bits per heavy atom. The molecular formula is C11H18N2S. The number of hydrogen-bond donors (Lipinski definition) is 1. The lowest BCUT2D eigenvalue weighted by Crippen LogP contribution is -2.30. The van der Waals surface area contributed by atoms with Crippen molar-refractivity contribution in [3.8, 4) is 0 Å². The highest BCUT2D eigenvalue weighted by atomic mass is 32.2. The molecule has 0 amide bonds. The van der Waals surface area contributed by atoms with Crippen molar-refractivity contribution in [1.82, 2.24) is 4.98 Å². The standard InChI is InChI=1S/C11H18N2S/c1-3-9(2)10(12)8-14-11-6-4-5-7-13-11/h4-7,9-10H,3,8,12H2,1-2H3/t9-,10+/m0/s1. The van der Waals surface area contributed by atoms with Gasteiger partial charge in [-0.1, -0.05) is 26.3 Å². The van der Waals surface area contributed by atoms with Crippen LogP contribution >= 0.6 is 11.8 Å². The molecule has 0 fully saturated rings. The van der Waals surface area contributed by atoms with Gasteiger partial charge in [0.2, 0.25) is 0 Å². The lowest BCUT2D eigenvalue weighted by atomic mass is 10.0. The molecule has 14 heavy (non-hydrogen) atoms. The molecule has 78 valence electrons. The van der Waals surface area contributed by atoms with E-state index in [4.69, 9.17) is 5.73 Å². The minimum atomic E-state index is 0.270. The fraction of sp³-hybridized carbons (Fsp3) is 0.545. The Kier molecular flexibility index (Phi) is 4.98. The normalized spacial score (nSPS) is 15.1. The topological polar surface area (TPSA) is 38.9 Å². The van der Waals surface area contributed by atoms with Crippen LogP contribution in [0.5, 0.6) is 0 Å². The predicted octanol–water partition coefficient (Wildman–Crippen LogP) is 2.55. The molecule has 0 bridgehead atoms. The van der Waals surface area contributed by atoms with E-state index in [1.165, 1.54) is 0 Å². The maximum absolute atomic E-state index is 6.03. The van der Waals surface area contributed by atoms with Crippen LogP contribution < -0.4 is 5.73 Å². The van der Waals surface area contributed by atoms with Crippen LogP contribution in [0.25, 0.3) is 0 Å². The molecule has 0 saturated carbocycles. The van der Waals surface area contributed by atoms with E-state index in [0.717, 1.165) is 17.2 Å². The zero-order chi connectivity index (χ0) is 10.4. The van der Waals surface area contributed by atoms with Crippen molar-refractivity contribution < 1.29 is 0 Å². The molecule has 2 atom stereocenters. The number of thioether (sulfide) groups is 1. The van der Waals surface area contributed by atoms with Crippen molar-refractivity contribution >= 4 is 11.8 Å². The first-order valence-electron chi connectivity index (χ1n) is 5.03. The number of hydrogen-bond acceptors (Lipinski definition) is 3. The molecule has 0 spiro atoms. The third-order valence-corrected chi connectivity index (χ3v) is 3.53. The van der Waals surface area contributed by atoms with Gasteiger partial charge in [-0.25, -0.2) is 4.98 Å². The summed E-state index contributed by atoms with van der Waals surface area (Å²) in [5, 5.41) is 1.06. The predicted molar refractivity (Wildman–Crippen MR) is 62.4 cm³/mol. The van der Waals surface area contributed by atoms with Crippen LogP contribution in [-0.4, -0.2) is 16.8 Å². The zero-order valence-corrected chi connectivity index (χ0v) is 9.63. The second-order valence-corrected chi connectivity index (χ2v) is 4.57. The quantitative estimate of drug-likeness (QED) is 0.759. The van der Waals surface area contributed by atoms with E-state index in [2.05, 4.69) is 18.8 Å². The maximum Gasteiger partial charge on any atom is 0.0960 e. The Labute approximate surface area is 90.3 Å². The van der Waals surface area contributed by atoms with E-state index >= 15 is 0 Å². The van der Waals surface area contributed by atoms with Gasteiger partial charge in [0.15, 0.2) is 0 Å². The average Bonchev–Trinajstić information content (AvgIpc) is 2.26. The van der Waals surface area contributed by atoms with Crippen LogP contribution in [0.3, 0.4) is 0 Å². The second-order valence-electron chi connectivity index (χ2n) is 3.53. The van der Waals surface area contributed by atoms with Gasteiger partial charge >= 0.3 is 0 Å². The summed E-state index contributed by atoms with van der Waals surface area (Å²) in [6.07, 6.45) is 2.96. The number of nitrogens with two attached hydrogens (primary N) is 1. The van der Waals surface area contributed by atoms with E-state index in [1.54, 1.807) is 11.8 Å². The molecular weight excluding hydrogens is 192 g/mol. The van der Waals surface area contributed by atoms with Crippen LogP contribution in [0.15, 0.2) is 29.4 Å². The van der Waals surface area contributed by atoms with Gasteiger partial charge in [-0.3, -0.25) is 0 Å². The van der Waals surface area contributed by atoms with Crippen molar-refractivity contribution in [2.45, 2.75) is 31.3 Å². The Bertz CT molecular complexity index is 251. The van der Waals surface area contributed by atoms with Crippen molar-refractivity contribution in [3.63, 3.8) is 0 Å². The number of rotatable bonds is 5. The van der Waals surface area contributed by atoms with E-state index in [0.29, 0.717) is 5.92 Å². The first-order chi connectivity index (χ1) is 6.74. The van der Waals surface area contributed by atoms with Crippen molar-refractivity contribution in [3.05, 3.63) is 24.4 Å². The summed E-state index contributed by atoms with van der Waals surface area (Å²) < 4.78 is 0. The summed E-state index contributed by atoms with van der Waals surface area (Å²) in [4.78, 5) is 4.24. The SMILES string of the molecule is CC[C@H](C)[C@H](N)CSc1ccccn1. The van der Waals surface area contributed by atoms with E-state index in [-0.39, 0.29) is 6.04 Å². The third-order valence-electron chi connectivity index (χ3n) is 2.44. The first kappa shape index (κ1) is 11.5. The van der Waals surface area contributed by atoms with Crippen LogP contribution in [0.2, 0.25) is 0 Å². The fourth-order valence-corrected chi connectivity index (χ4v) is 2.08. The Balaban J connectivity index is 2.34. The third kappa shape index (κ3) is 3.68. The number of pyridine rings is 1. The largest absolute Gasteiger partial charge is 0.327 e. The molecule has 0 aliphatic carbocycles. The summed E-state index contributed by atoms with van der Waals surface area (Å²) in [5.41, 5.74) is 6.03. The molecule has 1 aromatic rings. The van der Waals surface area contributed by atoms with Crippen LogP contribution in [0, 0.1) is 5.92 Å². The van der Waals surface area contributed by atoms with E-state index in [1.807, 2.05) is 24.4 Å². The zero-order valence-electron chi connectivity index (χ0n) is 8.81. The molecule has 0 aliphatic rings. The van der Waals surface area contributed by atoms with E-state index < -0.39 is 0 Å². The molecule has 2 N–H and O–H groups in total. The van der Waals surface area contributed by atoms with Gasteiger partial charge < -0.3 is 5.73 Å². The molecule has 1 heterocycles. The molecule has 1 rings (SSSR count). The van der Waals surface area contributed by atoms with Gasteiger partial charge in [0.25, 0.3) is 0 Å². The Morgan fingerprint density at radius 3 is 2.86 bits per heavy atom. The second kappa shape index (κ2) is 6.04. The summed E-state index contributed by atoms with van der Waals surface area (Å²) in [6.45, 7) is 4.37. The van der Waals surface area contributed by atoms with E-state index in [9.17, 15) is 0 Å². The van der Waals surface area contributed by atoms with Gasteiger partial charge in [-0.15, -0.1) is 11.8 Å². The van der Waals surface area contributed by atoms with Gasteiger partial charge in [-0.05, 0) is 18.1 Å². The van der Waals surface area contributed by atoms with Crippen molar-refractivity contribution in [2.75, 3.05) is 5.75 Å². The number of aromatic nitrogens is 1. The monoisotopic (exact) mass is 210 g/mol. The summed E-state index contributed by atoms with van der Waals surface area (Å²) in [6, 6.07) is 6.23. The minimum Gasteiger partial charge on any atom is -0.327 e. The molecule has 0 aliphatic heterocycles. The van der Waals surface area contributed by atoms with Gasteiger partial charge in [0.05, 0.1) is 5.03 Å². The molecule has 0 aromatic carbocycles.